The second kappa shape index (κ2) is 6.24. The van der Waals surface area contributed by atoms with Gasteiger partial charge >= 0.3 is 5.97 Å². The molecule has 2 aromatic rings. The van der Waals surface area contributed by atoms with Gasteiger partial charge in [0.25, 0.3) is 0 Å². The van der Waals surface area contributed by atoms with Crippen molar-refractivity contribution in [1.82, 2.24) is 4.90 Å². The summed E-state index contributed by atoms with van der Waals surface area (Å²) in [5.41, 5.74) is 2.92. The normalized spacial score (nSPS) is 21.8. The third kappa shape index (κ3) is 2.56. The largest absolute Gasteiger partial charge is 0.489 e. The quantitative estimate of drug-likeness (QED) is 0.791. The molecule has 0 spiro atoms. The minimum Gasteiger partial charge on any atom is -0.489 e. The lowest BCUT2D eigenvalue weighted by Crippen LogP contribution is -2.42. The summed E-state index contributed by atoms with van der Waals surface area (Å²) in [7, 11) is 1.36. The minimum atomic E-state index is -0.568. The van der Waals surface area contributed by atoms with Gasteiger partial charge in [0.1, 0.15) is 18.4 Å². The number of esters is 1. The van der Waals surface area contributed by atoms with Gasteiger partial charge in [-0.25, -0.2) is 4.79 Å². The third-order valence-corrected chi connectivity index (χ3v) is 4.95. The number of para-hydroxylation sites is 1. The van der Waals surface area contributed by atoms with E-state index in [1.54, 1.807) is 4.90 Å². The number of amides is 1. The van der Waals surface area contributed by atoms with Crippen LogP contribution in [0.2, 0.25) is 0 Å². The Kier molecular flexibility index (Phi) is 3.92. The van der Waals surface area contributed by atoms with E-state index in [2.05, 4.69) is 0 Å². The molecular weight excluding hydrogens is 318 g/mol. The van der Waals surface area contributed by atoms with Gasteiger partial charge < -0.3 is 14.4 Å². The second-order valence-corrected chi connectivity index (χ2v) is 6.31. The number of likely N-dealkylation sites (tertiary alicyclic amines) is 1. The molecule has 25 heavy (non-hydrogen) atoms. The molecule has 2 unspecified atom stereocenters. The number of hydrogen-bond acceptors (Lipinski definition) is 4. The van der Waals surface area contributed by atoms with Crippen LogP contribution in [0.15, 0.2) is 48.5 Å². The maximum Gasteiger partial charge on any atom is 0.328 e. The van der Waals surface area contributed by atoms with Crippen LogP contribution in [0.3, 0.4) is 0 Å². The highest BCUT2D eigenvalue weighted by molar-refractivity contribution is 5.89. The zero-order valence-electron chi connectivity index (χ0n) is 14.0. The van der Waals surface area contributed by atoms with Crippen LogP contribution in [-0.2, 0) is 20.9 Å². The average Bonchev–Trinajstić information content (AvgIpc) is 2.94. The lowest BCUT2D eigenvalue weighted by Gasteiger charge is -2.33. The van der Waals surface area contributed by atoms with E-state index in [-0.39, 0.29) is 17.9 Å². The van der Waals surface area contributed by atoms with E-state index < -0.39 is 6.04 Å². The van der Waals surface area contributed by atoms with E-state index in [0.29, 0.717) is 19.4 Å². The van der Waals surface area contributed by atoms with Gasteiger partial charge in [-0.2, -0.15) is 0 Å². The standard InChI is InChI=1S/C20H19NO4/c1-24-20(23)16-10-11-18(22)21(16)19-14-7-3-2-6-13(14)12-25-17-9-5-4-8-15(17)19/h2-9,16,19H,10-12H2,1H3. The number of hydrogen-bond donors (Lipinski definition) is 0. The molecule has 4 rings (SSSR count). The molecule has 2 heterocycles. The highest BCUT2D eigenvalue weighted by atomic mass is 16.5. The van der Waals surface area contributed by atoms with E-state index in [4.69, 9.17) is 9.47 Å². The van der Waals surface area contributed by atoms with Crippen molar-refractivity contribution in [3.05, 3.63) is 65.2 Å². The van der Waals surface area contributed by atoms with Crippen LogP contribution in [0, 0.1) is 0 Å². The topological polar surface area (TPSA) is 55.8 Å². The zero-order chi connectivity index (χ0) is 17.4. The highest BCUT2D eigenvalue weighted by Gasteiger charge is 2.43. The third-order valence-electron chi connectivity index (χ3n) is 4.95. The summed E-state index contributed by atoms with van der Waals surface area (Å²) in [6.45, 7) is 0.439. The molecule has 1 amide bonds. The molecule has 5 nitrogen and oxygen atoms in total. The second-order valence-electron chi connectivity index (χ2n) is 6.31. The molecule has 0 N–H and O–H groups in total. The van der Waals surface area contributed by atoms with Crippen LogP contribution >= 0.6 is 0 Å². The lowest BCUT2D eigenvalue weighted by molar-refractivity contribution is -0.150. The van der Waals surface area contributed by atoms with E-state index in [1.807, 2.05) is 48.5 Å². The number of benzene rings is 2. The molecule has 128 valence electrons. The van der Waals surface area contributed by atoms with Crippen LogP contribution in [0.4, 0.5) is 0 Å². The van der Waals surface area contributed by atoms with Crippen molar-refractivity contribution in [2.75, 3.05) is 7.11 Å². The zero-order valence-corrected chi connectivity index (χ0v) is 14.0. The number of methoxy groups -OCH3 is 1. The number of carbonyl (C=O) groups excluding carboxylic acids is 2. The van der Waals surface area contributed by atoms with E-state index in [9.17, 15) is 9.59 Å². The van der Waals surface area contributed by atoms with Gasteiger partial charge in [0, 0.05) is 12.0 Å². The van der Waals surface area contributed by atoms with Crippen LogP contribution in [0.5, 0.6) is 5.75 Å². The van der Waals surface area contributed by atoms with Crippen LogP contribution in [0.25, 0.3) is 0 Å². The molecule has 0 bridgehead atoms. The molecule has 2 aromatic carbocycles. The molecular formula is C20H19NO4. The molecule has 2 aliphatic rings. The Morgan fingerprint density at radius 2 is 1.84 bits per heavy atom. The first kappa shape index (κ1) is 15.7. The summed E-state index contributed by atoms with van der Waals surface area (Å²) in [5.74, 6) is 0.338. The van der Waals surface area contributed by atoms with Crippen molar-refractivity contribution in [3.63, 3.8) is 0 Å². The fourth-order valence-corrected chi connectivity index (χ4v) is 3.79. The van der Waals surface area contributed by atoms with Gasteiger partial charge in [0.2, 0.25) is 5.91 Å². The molecule has 0 saturated carbocycles. The van der Waals surface area contributed by atoms with Gasteiger partial charge in [-0.05, 0) is 23.6 Å². The Hall–Kier alpha value is -2.82. The lowest BCUT2D eigenvalue weighted by atomic mass is 9.93. The number of ether oxygens (including phenoxy) is 2. The molecule has 0 aliphatic carbocycles. The summed E-state index contributed by atoms with van der Waals surface area (Å²) < 4.78 is 10.9. The maximum absolute atomic E-state index is 12.7. The summed E-state index contributed by atoms with van der Waals surface area (Å²) in [6.07, 6.45) is 0.828. The fourth-order valence-electron chi connectivity index (χ4n) is 3.79. The van der Waals surface area contributed by atoms with Gasteiger partial charge in [-0.3, -0.25) is 4.79 Å². The van der Waals surface area contributed by atoms with Crippen molar-refractivity contribution >= 4 is 11.9 Å². The van der Waals surface area contributed by atoms with Gasteiger partial charge in [0.15, 0.2) is 0 Å². The number of carbonyl (C=O) groups is 2. The fraction of sp³-hybridized carbons (Fsp3) is 0.300. The van der Waals surface area contributed by atoms with Crippen molar-refractivity contribution in [3.8, 4) is 5.75 Å². The number of fused-ring (bicyclic) bond motifs is 2. The van der Waals surface area contributed by atoms with Gasteiger partial charge in [-0.1, -0.05) is 42.5 Å². The Morgan fingerprint density at radius 1 is 1.12 bits per heavy atom. The van der Waals surface area contributed by atoms with Gasteiger partial charge in [0.05, 0.1) is 13.2 Å². The first-order chi connectivity index (χ1) is 12.2. The first-order valence-corrected chi connectivity index (χ1v) is 8.39. The van der Waals surface area contributed by atoms with Crippen molar-refractivity contribution < 1.29 is 19.1 Å². The van der Waals surface area contributed by atoms with Crippen LogP contribution < -0.4 is 4.74 Å². The molecule has 1 fully saturated rings. The summed E-state index contributed by atoms with van der Waals surface area (Å²) in [5, 5.41) is 0. The summed E-state index contributed by atoms with van der Waals surface area (Å²) in [4.78, 5) is 26.7. The smallest absolute Gasteiger partial charge is 0.328 e. The Morgan fingerprint density at radius 3 is 2.64 bits per heavy atom. The number of nitrogens with zero attached hydrogens (tertiary/aromatic N) is 1. The predicted molar refractivity (Wildman–Crippen MR) is 90.9 cm³/mol. The molecule has 2 aliphatic heterocycles. The minimum absolute atomic E-state index is 0.0353. The maximum atomic E-state index is 12.7. The van der Waals surface area contributed by atoms with Gasteiger partial charge in [-0.15, -0.1) is 0 Å². The Labute approximate surface area is 146 Å². The molecule has 2 atom stereocenters. The van der Waals surface area contributed by atoms with Crippen LogP contribution in [0.1, 0.15) is 35.6 Å². The van der Waals surface area contributed by atoms with E-state index in [1.165, 1.54) is 7.11 Å². The summed E-state index contributed by atoms with van der Waals surface area (Å²) in [6, 6.07) is 14.7. The average molecular weight is 337 g/mol. The number of rotatable bonds is 2. The van der Waals surface area contributed by atoms with Crippen molar-refractivity contribution in [1.29, 1.82) is 0 Å². The molecule has 1 saturated heterocycles. The monoisotopic (exact) mass is 337 g/mol. The van der Waals surface area contributed by atoms with Crippen molar-refractivity contribution in [2.24, 2.45) is 0 Å². The molecule has 5 heteroatoms. The molecule has 0 radical (unpaired) electrons. The highest BCUT2D eigenvalue weighted by Crippen LogP contribution is 2.42. The summed E-state index contributed by atoms with van der Waals surface area (Å²) >= 11 is 0. The predicted octanol–water partition coefficient (Wildman–Crippen LogP) is 2.83. The Balaban J connectivity index is 1.90. The first-order valence-electron chi connectivity index (χ1n) is 8.39. The van der Waals surface area contributed by atoms with Crippen molar-refractivity contribution in [2.45, 2.75) is 31.5 Å². The Bertz CT molecular complexity index is 784. The van der Waals surface area contributed by atoms with Crippen LogP contribution in [-0.4, -0.2) is 29.9 Å². The SMILES string of the molecule is COC(=O)C1CCC(=O)N1C1c2ccccc2COc2ccccc21. The molecule has 0 aromatic heterocycles. The van der Waals surface area contributed by atoms with E-state index >= 15 is 0 Å². The van der Waals surface area contributed by atoms with E-state index in [0.717, 1.165) is 22.4 Å².